The second-order valence-electron chi connectivity index (χ2n) is 9.55. The van der Waals surface area contributed by atoms with Crippen molar-refractivity contribution in [1.82, 2.24) is 15.3 Å². The van der Waals surface area contributed by atoms with Crippen molar-refractivity contribution in [2.45, 2.75) is 56.4 Å². The van der Waals surface area contributed by atoms with Crippen LogP contribution in [0.25, 0.3) is 17.3 Å². The molecule has 1 aliphatic heterocycles. The average molecular weight is 547 g/mol. The van der Waals surface area contributed by atoms with Gasteiger partial charge in [0.25, 0.3) is 15.9 Å². The molecule has 8 nitrogen and oxygen atoms in total. The Kier molecular flexibility index (Phi) is 9.14. The van der Waals surface area contributed by atoms with E-state index < -0.39 is 10.0 Å². The van der Waals surface area contributed by atoms with Crippen molar-refractivity contribution in [3.63, 3.8) is 0 Å². The normalized spacial score (nSPS) is 16.3. The number of nitrogens with one attached hydrogen (secondary N) is 2. The lowest BCUT2D eigenvalue weighted by atomic mass is 9.99. The predicted molar refractivity (Wildman–Crippen MR) is 154 cm³/mol. The molecule has 2 heterocycles. The molecule has 1 aliphatic rings. The molecule has 0 saturated carbocycles. The van der Waals surface area contributed by atoms with E-state index in [-0.39, 0.29) is 40.8 Å². The topological polar surface area (TPSA) is 110 Å². The van der Waals surface area contributed by atoms with Gasteiger partial charge in [-0.1, -0.05) is 62.3 Å². The molecule has 0 fully saturated rings. The van der Waals surface area contributed by atoms with Crippen molar-refractivity contribution in [2.24, 2.45) is 0 Å². The zero-order chi connectivity index (χ0) is 27.8. The smallest absolute Gasteiger partial charge is 0.264 e. The Bertz CT molecular complexity index is 1470. The van der Waals surface area contributed by atoms with Gasteiger partial charge in [0.2, 0.25) is 11.8 Å². The molecule has 9 heteroatoms. The molecular weight excluding hydrogens is 512 g/mol. The molecule has 4 rings (SSSR count). The number of rotatable bonds is 9. The maximum absolute atomic E-state index is 13.2. The first kappa shape index (κ1) is 28.0. The van der Waals surface area contributed by atoms with Crippen molar-refractivity contribution < 1.29 is 17.9 Å². The van der Waals surface area contributed by atoms with Gasteiger partial charge in [-0.15, -0.1) is 6.58 Å². The van der Waals surface area contributed by atoms with E-state index in [9.17, 15) is 13.2 Å². The number of anilines is 1. The van der Waals surface area contributed by atoms with Crippen LogP contribution in [-0.4, -0.2) is 36.9 Å². The maximum Gasteiger partial charge on any atom is 0.264 e. The monoisotopic (exact) mass is 546 g/mol. The molecule has 204 valence electrons. The van der Waals surface area contributed by atoms with Gasteiger partial charge in [-0.25, -0.2) is 18.1 Å². The summed E-state index contributed by atoms with van der Waals surface area (Å²) in [6, 6.07) is 13.1. The third-order valence-corrected chi connectivity index (χ3v) is 7.92. The third-order valence-electron chi connectivity index (χ3n) is 6.59. The summed E-state index contributed by atoms with van der Waals surface area (Å²) in [5.74, 6) is -0.281. The summed E-state index contributed by atoms with van der Waals surface area (Å²) in [7, 11) is -4.08. The van der Waals surface area contributed by atoms with Crippen molar-refractivity contribution in [3.8, 4) is 17.1 Å². The minimum absolute atomic E-state index is 0.0627. The molecule has 0 saturated heterocycles. The second kappa shape index (κ2) is 12.7. The fraction of sp³-hybridized carbons (Fsp3) is 0.300. The molecule has 1 amide bonds. The van der Waals surface area contributed by atoms with E-state index in [0.29, 0.717) is 12.1 Å². The van der Waals surface area contributed by atoms with E-state index in [4.69, 9.17) is 4.74 Å². The van der Waals surface area contributed by atoms with Crippen LogP contribution in [-0.2, 0) is 10.0 Å². The largest absolute Gasteiger partial charge is 0.475 e. The molecule has 0 unspecified atom stereocenters. The van der Waals surface area contributed by atoms with Crippen LogP contribution in [0.5, 0.6) is 5.88 Å². The van der Waals surface area contributed by atoms with Crippen molar-refractivity contribution in [2.75, 3.05) is 11.3 Å². The number of ether oxygens (including phenoxy) is 1. The van der Waals surface area contributed by atoms with Crippen molar-refractivity contribution in [1.29, 1.82) is 0 Å². The van der Waals surface area contributed by atoms with Gasteiger partial charge in [-0.05, 0) is 55.5 Å². The standard InChI is InChI=1S/C30H34N4O4S/c1-4-6-7-8-9-10-16-24-20-38-27-19-26(28-21(3)13-11-14-22(28)5-2)32-30(33-27)34-39(36,37)25-17-12-15-23(18-25)29(35)31-24/h4-5,11-15,17-19,24H,1-2,6-10,16,20H2,3H3,(H,31,35)(H,32,33,34)/t24-/m1/s1. The van der Waals surface area contributed by atoms with E-state index in [0.717, 1.165) is 48.8 Å². The molecule has 2 N–H and O–H groups in total. The molecule has 2 aromatic carbocycles. The molecule has 4 bridgehead atoms. The van der Waals surface area contributed by atoms with Crippen LogP contribution >= 0.6 is 0 Å². The van der Waals surface area contributed by atoms with Crippen molar-refractivity contribution >= 4 is 28.0 Å². The van der Waals surface area contributed by atoms with Gasteiger partial charge in [-0.2, -0.15) is 4.98 Å². The quantitative estimate of drug-likeness (QED) is 0.255. The molecule has 39 heavy (non-hydrogen) atoms. The Balaban J connectivity index is 1.72. The summed E-state index contributed by atoms with van der Waals surface area (Å²) in [6.45, 7) is 9.79. The van der Waals surface area contributed by atoms with Crippen LogP contribution in [0.2, 0.25) is 0 Å². The van der Waals surface area contributed by atoms with E-state index >= 15 is 0 Å². The number of benzene rings is 2. The van der Waals surface area contributed by atoms with Crippen LogP contribution in [0.1, 0.15) is 60.0 Å². The zero-order valence-corrected chi connectivity index (χ0v) is 23.0. The number of carbonyl (C=O) groups excluding carboxylic acids is 1. The number of hydrogen-bond donors (Lipinski definition) is 2. The number of nitrogens with zero attached hydrogens (tertiary/aromatic N) is 2. The third kappa shape index (κ3) is 7.11. The lowest BCUT2D eigenvalue weighted by Gasteiger charge is -2.20. The number of aromatic nitrogens is 2. The van der Waals surface area contributed by atoms with Crippen LogP contribution in [0.3, 0.4) is 0 Å². The second-order valence-corrected chi connectivity index (χ2v) is 11.2. The van der Waals surface area contributed by atoms with Gasteiger partial charge in [-0.3, -0.25) is 4.79 Å². The van der Waals surface area contributed by atoms with E-state index in [1.54, 1.807) is 24.3 Å². The van der Waals surface area contributed by atoms with Gasteiger partial charge >= 0.3 is 0 Å². The summed E-state index contributed by atoms with van der Waals surface area (Å²) >= 11 is 0. The zero-order valence-electron chi connectivity index (χ0n) is 22.2. The molecule has 1 atom stereocenters. The highest BCUT2D eigenvalue weighted by Crippen LogP contribution is 2.30. The fourth-order valence-electron chi connectivity index (χ4n) is 4.55. The average Bonchev–Trinajstić information content (AvgIpc) is 2.92. The van der Waals surface area contributed by atoms with Gasteiger partial charge in [0, 0.05) is 17.2 Å². The number of aryl methyl sites for hydroxylation is 1. The van der Waals surface area contributed by atoms with Crippen LogP contribution in [0, 0.1) is 6.92 Å². The molecular formula is C30H34N4O4S. The minimum Gasteiger partial charge on any atom is -0.475 e. The first-order valence-corrected chi connectivity index (χ1v) is 14.6. The number of hydrogen-bond acceptors (Lipinski definition) is 6. The van der Waals surface area contributed by atoms with E-state index in [1.165, 1.54) is 12.1 Å². The highest BCUT2D eigenvalue weighted by molar-refractivity contribution is 7.92. The Morgan fingerprint density at radius 1 is 1.05 bits per heavy atom. The summed E-state index contributed by atoms with van der Waals surface area (Å²) in [6.07, 6.45) is 9.45. The predicted octanol–water partition coefficient (Wildman–Crippen LogP) is 5.91. The number of unbranched alkanes of at least 4 members (excludes halogenated alkanes) is 4. The van der Waals surface area contributed by atoms with Gasteiger partial charge in [0.05, 0.1) is 16.6 Å². The fourth-order valence-corrected chi connectivity index (χ4v) is 5.54. The first-order valence-electron chi connectivity index (χ1n) is 13.1. The molecule has 0 radical (unpaired) electrons. The molecule has 0 spiro atoms. The van der Waals surface area contributed by atoms with Crippen molar-refractivity contribution in [3.05, 3.63) is 84.5 Å². The number of amides is 1. The number of fused-ring (bicyclic) bond motifs is 4. The Hall–Kier alpha value is -3.98. The Morgan fingerprint density at radius 3 is 2.64 bits per heavy atom. The Labute approximate surface area is 230 Å². The number of sulfonamides is 1. The molecule has 0 aliphatic carbocycles. The lowest BCUT2D eigenvalue weighted by molar-refractivity contribution is 0.0916. The molecule has 1 aromatic heterocycles. The minimum atomic E-state index is -4.08. The number of allylic oxidation sites excluding steroid dienone is 1. The lowest BCUT2D eigenvalue weighted by Crippen LogP contribution is -2.39. The summed E-state index contributed by atoms with van der Waals surface area (Å²) < 4.78 is 35.0. The Morgan fingerprint density at radius 2 is 1.85 bits per heavy atom. The maximum atomic E-state index is 13.2. The van der Waals surface area contributed by atoms with Crippen LogP contribution in [0.4, 0.5) is 5.95 Å². The highest BCUT2D eigenvalue weighted by atomic mass is 32.2. The van der Waals surface area contributed by atoms with Gasteiger partial charge in [0.1, 0.15) is 6.61 Å². The summed E-state index contributed by atoms with van der Waals surface area (Å²) in [5.41, 5.74) is 3.34. The van der Waals surface area contributed by atoms with E-state index in [2.05, 4.69) is 33.2 Å². The van der Waals surface area contributed by atoms with E-state index in [1.807, 2.05) is 31.2 Å². The SMILES string of the molecule is C=CCCCCCC[C@@H]1COc2cc(-c3c(C)cccc3C=C)nc(n2)NS(=O)(=O)c2cccc(c2)C(=O)N1. The number of carbonyl (C=O) groups is 1. The summed E-state index contributed by atoms with van der Waals surface area (Å²) in [4.78, 5) is 21.9. The van der Waals surface area contributed by atoms with Gasteiger partial charge < -0.3 is 10.1 Å². The summed E-state index contributed by atoms with van der Waals surface area (Å²) in [5, 5.41) is 3.02. The first-order chi connectivity index (χ1) is 18.8. The molecule has 3 aromatic rings. The van der Waals surface area contributed by atoms with Gasteiger partial charge in [0.15, 0.2) is 0 Å². The van der Waals surface area contributed by atoms with Crippen LogP contribution in [0.15, 0.2) is 72.7 Å². The highest BCUT2D eigenvalue weighted by Gasteiger charge is 2.23. The van der Waals surface area contributed by atoms with Crippen LogP contribution < -0.4 is 14.8 Å².